The standard InChI is InChI=1S/C32H38FN5O4S.C32H37FN4O5S/c33-30-20-27(31(39)21-34)8-9-28(30)24-38(32(40)37-16-18-43(41,42)19-17-37)29-10-6-26(7-11-29)23-36-14-12-35(13-15-36)22-25-4-2-1-3-5-25;1-42-31(38)27-9-10-28(30(33)21-27)24-37(32(39)36-17-19-43(40,41)20-18-36)29-11-7-26(8-12-29)23-35-15-13-34(14-16-35)22-25-5-3-2-4-6-25/h1-11,20H,12-19,21-24,34H2;2-12,21H,13-20,22-24H2,1H3. The molecule has 2 N–H and O–H groups in total. The molecule has 4 aliphatic rings. The van der Waals surface area contributed by atoms with Gasteiger partial charge in [0.2, 0.25) is 0 Å². The number of piperazine rings is 2. The van der Waals surface area contributed by atoms with Gasteiger partial charge in [0, 0.05) is 133 Å². The summed E-state index contributed by atoms with van der Waals surface area (Å²) in [5.41, 5.74) is 12.1. The van der Waals surface area contributed by atoms with E-state index < -0.39 is 49.3 Å². The average Bonchev–Trinajstić information content (AvgIpc) is 2.16. The molecule has 0 saturated carbocycles. The van der Waals surface area contributed by atoms with E-state index >= 15 is 8.78 Å². The molecular formula is C64H75F2N9O9S2. The number of amides is 4. The first kappa shape index (κ1) is 63.1. The molecule has 0 bridgehead atoms. The van der Waals surface area contributed by atoms with Crippen molar-refractivity contribution in [1.29, 1.82) is 0 Å². The van der Waals surface area contributed by atoms with Crippen LogP contribution in [-0.4, -0.2) is 185 Å². The first-order valence-electron chi connectivity index (χ1n) is 29.0. The van der Waals surface area contributed by atoms with E-state index in [1.807, 2.05) is 60.7 Å². The zero-order chi connectivity index (χ0) is 60.8. The SMILES string of the molecule is COC(=O)c1ccc(CN(C(=O)N2CCS(=O)(=O)CC2)c2ccc(CN3CCN(Cc4ccccc4)CC3)cc2)c(F)c1.NCC(=O)c1ccc(CN(C(=O)N2CCS(=O)(=O)CC2)c2ccc(CN3CCN(Cc4ccccc4)CC3)cc2)c(F)c1. The summed E-state index contributed by atoms with van der Waals surface area (Å²) in [4.78, 5) is 66.7. The Morgan fingerprint density at radius 3 is 1.10 bits per heavy atom. The van der Waals surface area contributed by atoms with Crippen molar-refractivity contribution in [1.82, 2.24) is 29.4 Å². The second kappa shape index (κ2) is 29.3. The number of halogens is 2. The number of anilines is 2. The summed E-state index contributed by atoms with van der Waals surface area (Å²) in [5, 5.41) is 0. The number of urea groups is 2. The molecule has 6 aromatic carbocycles. The molecule has 18 nitrogen and oxygen atoms in total. The Morgan fingerprint density at radius 2 is 0.779 bits per heavy atom. The third-order valence-corrected chi connectivity index (χ3v) is 19.3. The first-order chi connectivity index (χ1) is 41.4. The largest absolute Gasteiger partial charge is 0.465 e. The van der Waals surface area contributed by atoms with E-state index in [2.05, 4.69) is 72.9 Å². The molecule has 4 saturated heterocycles. The molecule has 0 atom stereocenters. The lowest BCUT2D eigenvalue weighted by molar-refractivity contribution is 0.0599. The van der Waals surface area contributed by atoms with Crippen LogP contribution >= 0.6 is 0 Å². The maximum absolute atomic E-state index is 15.1. The Hall–Kier alpha value is -7.44. The fourth-order valence-electron chi connectivity index (χ4n) is 10.9. The summed E-state index contributed by atoms with van der Waals surface area (Å²) in [7, 11) is -5.14. The minimum atomic E-state index is -3.18. The molecule has 456 valence electrons. The third-order valence-electron chi connectivity index (χ3n) is 16.1. The van der Waals surface area contributed by atoms with Gasteiger partial charge in [-0.15, -0.1) is 0 Å². The van der Waals surface area contributed by atoms with Crippen molar-refractivity contribution < 1.29 is 49.5 Å². The van der Waals surface area contributed by atoms with Gasteiger partial charge in [0.1, 0.15) is 11.6 Å². The highest BCUT2D eigenvalue weighted by molar-refractivity contribution is 7.91. The van der Waals surface area contributed by atoms with Gasteiger partial charge in [-0.1, -0.05) is 103 Å². The quantitative estimate of drug-likeness (QED) is 0.0729. The van der Waals surface area contributed by atoms with E-state index in [-0.39, 0.29) is 96.9 Å². The van der Waals surface area contributed by atoms with Gasteiger partial charge < -0.3 is 20.3 Å². The Bertz CT molecular complexity index is 3260. The lowest BCUT2D eigenvalue weighted by Gasteiger charge is -2.35. The van der Waals surface area contributed by atoms with Crippen molar-refractivity contribution in [2.24, 2.45) is 5.73 Å². The number of nitrogens with zero attached hydrogens (tertiary/aromatic N) is 8. The number of Topliss-reactive ketones (excluding diaryl/α,β-unsaturated/α-hetero) is 1. The van der Waals surface area contributed by atoms with Gasteiger partial charge in [0.05, 0.1) is 55.3 Å². The number of ketones is 1. The summed E-state index contributed by atoms with van der Waals surface area (Å²) in [5.74, 6) is -2.69. The van der Waals surface area contributed by atoms with Crippen LogP contribution in [0, 0.1) is 11.6 Å². The lowest BCUT2D eigenvalue weighted by Crippen LogP contribution is -2.49. The van der Waals surface area contributed by atoms with Crippen molar-refractivity contribution in [3.63, 3.8) is 0 Å². The van der Waals surface area contributed by atoms with Crippen molar-refractivity contribution in [2.45, 2.75) is 39.3 Å². The first-order valence-corrected chi connectivity index (χ1v) is 32.6. The van der Waals surface area contributed by atoms with Gasteiger partial charge in [-0.05, 0) is 64.7 Å². The number of benzene rings is 6. The molecule has 0 radical (unpaired) electrons. The maximum atomic E-state index is 15.1. The van der Waals surface area contributed by atoms with Crippen molar-refractivity contribution in [3.05, 3.63) is 202 Å². The molecule has 0 spiro atoms. The van der Waals surface area contributed by atoms with Crippen LogP contribution in [0.3, 0.4) is 0 Å². The number of sulfone groups is 2. The summed E-state index contributed by atoms with van der Waals surface area (Å²) >= 11 is 0. The van der Waals surface area contributed by atoms with Gasteiger partial charge in [-0.25, -0.2) is 40.0 Å². The second-order valence-corrected chi connectivity index (χ2v) is 26.8. The summed E-state index contributed by atoms with van der Waals surface area (Å²) in [6, 6.07) is 43.6. The number of ether oxygens (including phenoxy) is 1. The van der Waals surface area contributed by atoms with Gasteiger partial charge in [-0.2, -0.15) is 0 Å². The second-order valence-electron chi connectivity index (χ2n) is 22.2. The van der Waals surface area contributed by atoms with Crippen LogP contribution in [-0.2, 0) is 63.7 Å². The molecule has 0 aromatic heterocycles. The zero-order valence-electron chi connectivity index (χ0n) is 48.5. The lowest BCUT2D eigenvalue weighted by atomic mass is 10.1. The van der Waals surface area contributed by atoms with Crippen LogP contribution in [0.15, 0.2) is 146 Å². The van der Waals surface area contributed by atoms with E-state index in [4.69, 9.17) is 5.73 Å². The predicted octanol–water partition coefficient (Wildman–Crippen LogP) is 6.93. The third kappa shape index (κ3) is 17.4. The van der Waals surface area contributed by atoms with Crippen LogP contribution < -0.4 is 15.5 Å². The topological polar surface area (TPSA) is 198 Å². The predicted molar refractivity (Wildman–Crippen MR) is 328 cm³/mol. The van der Waals surface area contributed by atoms with E-state index in [1.165, 1.54) is 62.1 Å². The molecule has 0 unspecified atom stereocenters. The van der Waals surface area contributed by atoms with Gasteiger partial charge in [0.15, 0.2) is 25.5 Å². The molecule has 10 rings (SSSR count). The van der Waals surface area contributed by atoms with Gasteiger partial charge >= 0.3 is 18.0 Å². The zero-order valence-corrected chi connectivity index (χ0v) is 50.2. The monoisotopic (exact) mass is 1220 g/mol. The summed E-state index contributed by atoms with van der Waals surface area (Å²) < 4.78 is 82.7. The molecular weight excluding hydrogens is 1140 g/mol. The minimum absolute atomic E-state index is 0.0757. The smallest absolute Gasteiger partial charge is 0.337 e. The summed E-state index contributed by atoms with van der Waals surface area (Å²) in [6.07, 6.45) is 0. The van der Waals surface area contributed by atoms with Crippen molar-refractivity contribution in [3.8, 4) is 0 Å². The fourth-order valence-corrected chi connectivity index (χ4v) is 13.3. The van der Waals surface area contributed by atoms with Crippen LogP contribution in [0.2, 0.25) is 0 Å². The number of nitrogens with two attached hydrogens (primary N) is 1. The number of carbonyl (C=O) groups excluding carboxylic acids is 4. The number of hydrogen-bond acceptors (Lipinski definition) is 14. The van der Waals surface area contributed by atoms with E-state index in [9.17, 15) is 36.0 Å². The van der Waals surface area contributed by atoms with Gasteiger partial charge in [-0.3, -0.25) is 34.2 Å². The minimum Gasteiger partial charge on any atom is -0.465 e. The normalized spacial score (nSPS) is 17.4. The Morgan fingerprint density at radius 1 is 0.453 bits per heavy atom. The highest BCUT2D eigenvalue weighted by Crippen LogP contribution is 2.27. The van der Waals surface area contributed by atoms with Crippen LogP contribution in [0.5, 0.6) is 0 Å². The molecule has 86 heavy (non-hydrogen) atoms. The van der Waals surface area contributed by atoms with Crippen LogP contribution in [0.4, 0.5) is 29.7 Å². The fraction of sp³-hybridized carbons (Fsp3) is 0.375. The van der Waals surface area contributed by atoms with E-state index in [0.717, 1.165) is 102 Å². The Kier molecular flexibility index (Phi) is 21.5. The Labute approximate surface area is 503 Å². The number of rotatable bonds is 17. The molecule has 4 aliphatic heterocycles. The van der Waals surface area contributed by atoms with Crippen molar-refractivity contribution in [2.75, 3.05) is 125 Å². The molecule has 4 fully saturated rings. The molecule has 0 aliphatic carbocycles. The Balaban J connectivity index is 0.000000205. The average molecular weight is 1220 g/mol. The van der Waals surface area contributed by atoms with Gasteiger partial charge in [0.25, 0.3) is 0 Å². The van der Waals surface area contributed by atoms with E-state index in [0.29, 0.717) is 11.4 Å². The van der Waals surface area contributed by atoms with E-state index in [1.54, 1.807) is 0 Å². The highest BCUT2D eigenvalue weighted by atomic mass is 32.2. The van der Waals surface area contributed by atoms with Crippen LogP contribution in [0.1, 0.15) is 54.1 Å². The number of esters is 1. The molecule has 4 amide bonds. The molecule has 22 heteroatoms. The molecule has 6 aromatic rings. The number of methoxy groups -OCH3 is 1. The van der Waals surface area contributed by atoms with Crippen LogP contribution in [0.25, 0.3) is 0 Å². The number of hydrogen-bond donors (Lipinski definition) is 1. The summed E-state index contributed by atoms with van der Waals surface area (Å²) in [6.45, 7) is 11.2. The molecule has 4 heterocycles. The number of carbonyl (C=O) groups is 4. The maximum Gasteiger partial charge on any atom is 0.337 e. The van der Waals surface area contributed by atoms with Crippen molar-refractivity contribution >= 4 is 54.9 Å². The highest BCUT2D eigenvalue weighted by Gasteiger charge is 2.32.